The van der Waals surface area contributed by atoms with E-state index in [9.17, 15) is 14.4 Å². The fraction of sp³-hybridized carbons (Fsp3) is 0.348. The molecule has 0 aliphatic carbocycles. The van der Waals surface area contributed by atoms with Gasteiger partial charge in [-0.1, -0.05) is 54.1 Å². The number of likely N-dealkylation sites (N-methyl/N-ethyl adjacent to an activating group) is 1. The van der Waals surface area contributed by atoms with Crippen LogP contribution in [0.2, 0.25) is 5.02 Å². The first-order chi connectivity index (χ1) is 14.4. The summed E-state index contributed by atoms with van der Waals surface area (Å²) in [4.78, 5) is 41.0. The van der Waals surface area contributed by atoms with Crippen LogP contribution in [0.1, 0.15) is 18.4 Å². The number of hydrogen-bond donors (Lipinski definition) is 1. The molecule has 1 atom stereocenters. The number of piperidine rings is 1. The largest absolute Gasteiger partial charge is 0.342 e. The number of nitrogens with one attached hydrogen (secondary N) is 1. The van der Waals surface area contributed by atoms with Gasteiger partial charge in [-0.25, -0.2) is 0 Å². The third kappa shape index (κ3) is 5.83. The number of hydrogen-bond acceptors (Lipinski definition) is 3. The minimum atomic E-state index is -0.313. The lowest BCUT2D eigenvalue weighted by Gasteiger charge is -2.34. The molecule has 2 aromatic rings. The summed E-state index contributed by atoms with van der Waals surface area (Å²) < 4.78 is 0. The lowest BCUT2D eigenvalue weighted by Crippen LogP contribution is -2.47. The quantitative estimate of drug-likeness (QED) is 0.769. The maximum atomic E-state index is 12.9. The molecule has 1 aliphatic heterocycles. The molecule has 7 heteroatoms. The molecule has 1 fully saturated rings. The molecule has 3 rings (SSSR count). The van der Waals surface area contributed by atoms with Gasteiger partial charge in [0.1, 0.15) is 0 Å². The molecule has 3 amide bonds. The highest BCUT2D eigenvalue weighted by Crippen LogP contribution is 2.21. The summed E-state index contributed by atoms with van der Waals surface area (Å²) in [6, 6.07) is 16.5. The second kappa shape index (κ2) is 10.3. The molecule has 1 unspecified atom stereocenters. The Morgan fingerprint density at radius 3 is 2.53 bits per heavy atom. The standard InChI is InChI=1S/C23H26ClN3O3/c1-26(16-21(28)25-20-12-6-5-11-19(20)24)23(30)18-10-7-13-27(15-18)22(29)14-17-8-3-2-4-9-17/h2-6,8-9,11-12,18H,7,10,13-16H2,1H3,(H,25,28). The number of anilines is 1. The third-order valence-electron chi connectivity index (χ3n) is 5.23. The van der Waals surface area contributed by atoms with Gasteiger partial charge in [0.05, 0.1) is 29.6 Å². The van der Waals surface area contributed by atoms with Crippen LogP contribution in [0.5, 0.6) is 0 Å². The Labute approximate surface area is 181 Å². The summed E-state index contributed by atoms with van der Waals surface area (Å²) in [5, 5.41) is 3.17. The lowest BCUT2D eigenvalue weighted by molar-refractivity contribution is -0.141. The van der Waals surface area contributed by atoms with Crippen LogP contribution in [-0.4, -0.2) is 54.2 Å². The fourth-order valence-electron chi connectivity index (χ4n) is 3.64. The molecular weight excluding hydrogens is 402 g/mol. The van der Waals surface area contributed by atoms with E-state index >= 15 is 0 Å². The van der Waals surface area contributed by atoms with Crippen molar-refractivity contribution >= 4 is 35.0 Å². The van der Waals surface area contributed by atoms with Gasteiger partial charge in [0.15, 0.2) is 0 Å². The number of carbonyl (C=O) groups is 3. The monoisotopic (exact) mass is 427 g/mol. The number of amides is 3. The van der Waals surface area contributed by atoms with Gasteiger partial charge in [0, 0.05) is 20.1 Å². The summed E-state index contributed by atoms with van der Waals surface area (Å²) in [5.74, 6) is -0.706. The minimum Gasteiger partial charge on any atom is -0.342 e. The minimum absolute atomic E-state index is 0.0258. The number of benzene rings is 2. The molecule has 0 aromatic heterocycles. The summed E-state index contributed by atoms with van der Waals surface area (Å²) in [6.45, 7) is 0.978. The van der Waals surface area contributed by atoms with E-state index in [2.05, 4.69) is 5.32 Å². The van der Waals surface area contributed by atoms with Crippen LogP contribution in [0.3, 0.4) is 0 Å². The molecule has 1 saturated heterocycles. The van der Waals surface area contributed by atoms with Crippen LogP contribution in [0.4, 0.5) is 5.69 Å². The normalized spacial score (nSPS) is 16.1. The highest BCUT2D eigenvalue weighted by molar-refractivity contribution is 6.33. The summed E-state index contributed by atoms with van der Waals surface area (Å²) >= 11 is 6.06. The Morgan fingerprint density at radius 2 is 1.80 bits per heavy atom. The van der Waals surface area contributed by atoms with Crippen LogP contribution in [0, 0.1) is 5.92 Å². The molecule has 0 spiro atoms. The van der Waals surface area contributed by atoms with Crippen LogP contribution in [0.25, 0.3) is 0 Å². The molecule has 6 nitrogen and oxygen atoms in total. The highest BCUT2D eigenvalue weighted by Gasteiger charge is 2.30. The number of rotatable bonds is 6. The van der Waals surface area contributed by atoms with E-state index in [0.717, 1.165) is 12.0 Å². The van der Waals surface area contributed by atoms with Crippen LogP contribution in [0.15, 0.2) is 54.6 Å². The summed E-state index contributed by atoms with van der Waals surface area (Å²) in [7, 11) is 1.61. The second-order valence-electron chi connectivity index (χ2n) is 7.56. The van der Waals surface area contributed by atoms with Gasteiger partial charge < -0.3 is 15.1 Å². The van der Waals surface area contributed by atoms with Crippen molar-refractivity contribution in [1.29, 1.82) is 0 Å². The first-order valence-corrected chi connectivity index (χ1v) is 10.4. The number of carbonyl (C=O) groups excluding carboxylic acids is 3. The molecule has 1 aliphatic rings. The van der Waals surface area contributed by atoms with Crippen molar-refractivity contribution in [2.75, 3.05) is 32.0 Å². The van der Waals surface area contributed by atoms with Crippen molar-refractivity contribution < 1.29 is 14.4 Å². The van der Waals surface area contributed by atoms with Crippen molar-refractivity contribution in [3.8, 4) is 0 Å². The number of likely N-dealkylation sites (tertiary alicyclic amines) is 1. The van der Waals surface area contributed by atoms with Crippen molar-refractivity contribution in [3.63, 3.8) is 0 Å². The molecule has 1 N–H and O–H groups in total. The highest BCUT2D eigenvalue weighted by atomic mass is 35.5. The van der Waals surface area contributed by atoms with E-state index in [1.165, 1.54) is 4.90 Å². The predicted molar refractivity (Wildman–Crippen MR) is 117 cm³/mol. The van der Waals surface area contributed by atoms with E-state index in [0.29, 0.717) is 36.6 Å². The van der Waals surface area contributed by atoms with Gasteiger partial charge in [0.2, 0.25) is 17.7 Å². The van der Waals surface area contributed by atoms with Crippen molar-refractivity contribution in [3.05, 3.63) is 65.2 Å². The Kier molecular flexibility index (Phi) is 7.46. The second-order valence-corrected chi connectivity index (χ2v) is 7.97. The SMILES string of the molecule is CN(CC(=O)Nc1ccccc1Cl)C(=O)C1CCCN(C(=O)Cc2ccccc2)C1. The van der Waals surface area contributed by atoms with Gasteiger partial charge in [0.25, 0.3) is 0 Å². The molecule has 1 heterocycles. The van der Waals surface area contributed by atoms with Crippen LogP contribution < -0.4 is 5.32 Å². The molecule has 2 aromatic carbocycles. The number of para-hydroxylation sites is 1. The molecule has 158 valence electrons. The van der Waals surface area contributed by atoms with E-state index < -0.39 is 0 Å². The Morgan fingerprint density at radius 1 is 1.10 bits per heavy atom. The average Bonchev–Trinajstić information content (AvgIpc) is 2.75. The Hall–Kier alpha value is -2.86. The Balaban J connectivity index is 1.53. The first-order valence-electron chi connectivity index (χ1n) is 10.0. The molecule has 0 saturated carbocycles. The molecule has 0 bridgehead atoms. The van der Waals surface area contributed by atoms with Gasteiger partial charge in [-0.3, -0.25) is 14.4 Å². The van der Waals surface area contributed by atoms with E-state index in [-0.39, 0.29) is 30.2 Å². The first kappa shape index (κ1) is 21.8. The van der Waals surface area contributed by atoms with Crippen LogP contribution in [-0.2, 0) is 20.8 Å². The summed E-state index contributed by atoms with van der Waals surface area (Å²) in [5.41, 5.74) is 1.48. The van der Waals surface area contributed by atoms with Gasteiger partial charge in [-0.05, 0) is 30.5 Å². The Bertz CT molecular complexity index is 904. The number of halogens is 1. The average molecular weight is 428 g/mol. The van der Waals surface area contributed by atoms with E-state index in [1.54, 1.807) is 36.2 Å². The van der Waals surface area contributed by atoms with Gasteiger partial charge >= 0.3 is 0 Å². The van der Waals surface area contributed by atoms with Gasteiger partial charge in [-0.15, -0.1) is 0 Å². The molecule has 30 heavy (non-hydrogen) atoms. The third-order valence-corrected chi connectivity index (χ3v) is 5.56. The smallest absolute Gasteiger partial charge is 0.244 e. The van der Waals surface area contributed by atoms with Gasteiger partial charge in [-0.2, -0.15) is 0 Å². The van der Waals surface area contributed by atoms with Crippen molar-refractivity contribution in [1.82, 2.24) is 9.80 Å². The maximum Gasteiger partial charge on any atom is 0.244 e. The zero-order valence-corrected chi connectivity index (χ0v) is 17.8. The lowest BCUT2D eigenvalue weighted by atomic mass is 9.96. The zero-order valence-electron chi connectivity index (χ0n) is 17.0. The summed E-state index contributed by atoms with van der Waals surface area (Å²) in [6.07, 6.45) is 1.82. The van der Waals surface area contributed by atoms with Crippen molar-refractivity contribution in [2.45, 2.75) is 19.3 Å². The van der Waals surface area contributed by atoms with E-state index in [1.807, 2.05) is 30.3 Å². The van der Waals surface area contributed by atoms with Crippen LogP contribution >= 0.6 is 11.6 Å². The number of nitrogens with zero attached hydrogens (tertiary/aromatic N) is 2. The zero-order chi connectivity index (χ0) is 21.5. The predicted octanol–water partition coefficient (Wildman–Crippen LogP) is 3.22. The van der Waals surface area contributed by atoms with E-state index in [4.69, 9.17) is 11.6 Å². The molecular formula is C23H26ClN3O3. The fourth-order valence-corrected chi connectivity index (χ4v) is 3.83. The molecule has 0 radical (unpaired) electrons. The topological polar surface area (TPSA) is 69.7 Å². The van der Waals surface area contributed by atoms with Crippen molar-refractivity contribution in [2.24, 2.45) is 5.92 Å². The maximum absolute atomic E-state index is 12.9.